The number of thioether (sulfide) groups is 1. The number of sulfonamides is 1. The van der Waals surface area contributed by atoms with Crippen LogP contribution in [0.5, 0.6) is 0 Å². The summed E-state index contributed by atoms with van der Waals surface area (Å²) in [5, 5.41) is 23.7. The minimum absolute atomic E-state index is 0.0132. The molecule has 6 N–H and O–H groups in total. The Bertz CT molecular complexity index is 4500. The minimum Gasteiger partial charge on any atom is -0.391 e. The van der Waals surface area contributed by atoms with Crippen molar-refractivity contribution in [1.82, 2.24) is 45.3 Å². The predicted octanol–water partition coefficient (Wildman–Crippen LogP) is 12.1. The number of hydrogen-bond acceptors (Lipinski definition) is 19. The third kappa shape index (κ3) is 22.8. The number of nitrogens with zero attached hydrogens (tertiary/aromatic N) is 6. The van der Waals surface area contributed by atoms with E-state index in [0.717, 1.165) is 121 Å². The number of sulfone groups is 1. The second-order valence-corrected chi connectivity index (χ2v) is 37.7. The summed E-state index contributed by atoms with van der Waals surface area (Å²) in [5.41, 5.74) is 2.39. The van der Waals surface area contributed by atoms with Crippen molar-refractivity contribution >= 4 is 101 Å². The maximum absolute atomic E-state index is 14.4. The van der Waals surface area contributed by atoms with Crippen LogP contribution < -0.4 is 30.9 Å². The average Bonchev–Trinajstić information content (AvgIpc) is 0.884. The molecule has 4 fully saturated rings. The molecule has 0 bridgehead atoms. The Morgan fingerprint density at radius 2 is 1.46 bits per heavy atom. The van der Waals surface area contributed by atoms with Gasteiger partial charge in [0, 0.05) is 137 Å². The molecule has 1 aliphatic carbocycles. The van der Waals surface area contributed by atoms with Gasteiger partial charge in [-0.15, -0.1) is 23.1 Å². The summed E-state index contributed by atoms with van der Waals surface area (Å²) in [7, 11) is -11.0. The quantitative estimate of drug-likeness (QED) is 0.0174. The van der Waals surface area contributed by atoms with Crippen molar-refractivity contribution in [2.24, 2.45) is 10.8 Å². The van der Waals surface area contributed by atoms with Gasteiger partial charge in [0.2, 0.25) is 23.6 Å². The van der Waals surface area contributed by atoms with Gasteiger partial charge in [0.1, 0.15) is 17.0 Å². The SMILES string of the molecule is Cc1ncsc1-c1ccc([C@H](C)NC(=O)[C@@H]2C[C@@H](O)CN2C(=O)[C@@H](NC(=O)CCCCCC(=O)NC2CCN(CC3(C)CCC(c4ccc(Cl)cc4)=C(CN4CCN(c5ccc(C(=O)NS(=O)(=O)c6ccc(N[C@H](CCN7CCOCC7)CSc7ccccc7)c(S(=O)(=O)C(F)(F)F)c6)cc5)CC4)C3)CC2)C(C)(C)C)cc1. The van der Waals surface area contributed by atoms with Crippen LogP contribution in [0.3, 0.4) is 0 Å². The molecular formula is C82H105ClF3N11O11S4. The summed E-state index contributed by atoms with van der Waals surface area (Å²) in [6, 6.07) is 31.4. The van der Waals surface area contributed by atoms with Gasteiger partial charge < -0.3 is 45.8 Å². The van der Waals surface area contributed by atoms with Gasteiger partial charge in [-0.2, -0.15) is 13.2 Å². The number of amides is 5. The summed E-state index contributed by atoms with van der Waals surface area (Å²) in [5.74, 6) is -1.83. The van der Waals surface area contributed by atoms with Gasteiger partial charge in [-0.05, 0) is 165 Å². The standard InChI is InChI=1S/C82H105ClF3N11O11S4/c1-55(57-17-19-59(20-18-57)75-56(2)87-54-110-75)88-78(102)71-47-66(98)51-97(71)79(103)76(80(3,4)5)91-74(100)16-12-8-11-15-73(99)90-63-32-37-95(38-33-63)53-81(6)35-31-69(58-21-25-62(83)26-22-58)61(49-81)50-94-39-41-96(42-40-94)65-27-23-60(24-28-65)77(101)92-112(106,107)68-29-30-70(72(48-68)111(104,105)82(84,85)86)89-64(34-36-93-43-45-108-46-44-93)52-109-67-13-9-7-10-14-67/h7,9-10,13-14,17-30,48,54-55,63-64,66,71,76,89,98H,8,11-12,15-16,31-47,49-53H2,1-6H3,(H,88,102)(H,90,99)(H,91,100)(H,92,101)/t55-,64+,66+,71-,76+,81?/m0/s1. The fourth-order valence-corrected chi connectivity index (χ4v) is 19.6. The Balaban J connectivity index is 0.620. The molecule has 5 heterocycles. The molecule has 5 aromatic carbocycles. The summed E-state index contributed by atoms with van der Waals surface area (Å²) in [6.07, 6.45) is 6.31. The molecule has 606 valence electrons. The highest BCUT2D eigenvalue weighted by Crippen LogP contribution is 2.45. The summed E-state index contributed by atoms with van der Waals surface area (Å²) >= 11 is 9.40. The first-order valence-corrected chi connectivity index (χ1v) is 43.9. The number of aliphatic hydroxyl groups excluding tert-OH is 1. The number of nitrogens with one attached hydrogen (secondary N) is 5. The lowest BCUT2D eigenvalue weighted by atomic mass is 9.71. The van der Waals surface area contributed by atoms with Crippen molar-refractivity contribution in [1.29, 1.82) is 0 Å². The summed E-state index contributed by atoms with van der Waals surface area (Å²) in [4.78, 5) is 83.5. The van der Waals surface area contributed by atoms with E-state index in [1.54, 1.807) is 23.5 Å². The van der Waals surface area contributed by atoms with E-state index in [9.17, 15) is 59.1 Å². The maximum Gasteiger partial charge on any atom is 0.501 e. The van der Waals surface area contributed by atoms with Crippen LogP contribution in [0.15, 0.2) is 147 Å². The zero-order valence-electron chi connectivity index (χ0n) is 64.5. The Morgan fingerprint density at radius 3 is 2.11 bits per heavy atom. The topological polar surface area (TPSA) is 272 Å². The molecule has 6 aromatic rings. The zero-order valence-corrected chi connectivity index (χ0v) is 68.6. The van der Waals surface area contributed by atoms with E-state index in [1.807, 2.05) is 112 Å². The number of aliphatic hydroxyl groups is 1. The molecule has 4 saturated heterocycles. The highest BCUT2D eigenvalue weighted by atomic mass is 35.5. The number of ether oxygens (including phenoxy) is 1. The molecule has 6 atom stereocenters. The van der Waals surface area contributed by atoms with Gasteiger partial charge >= 0.3 is 5.51 Å². The lowest BCUT2D eigenvalue weighted by Crippen LogP contribution is -2.57. The number of aromatic nitrogens is 1. The molecule has 112 heavy (non-hydrogen) atoms. The first-order chi connectivity index (χ1) is 53.3. The van der Waals surface area contributed by atoms with Gasteiger partial charge in [0.25, 0.3) is 25.8 Å². The van der Waals surface area contributed by atoms with Crippen LogP contribution >= 0.6 is 34.7 Å². The monoisotopic (exact) mass is 1640 g/mol. The molecule has 0 saturated carbocycles. The number of thiazole rings is 1. The average molecular weight is 1640 g/mol. The van der Waals surface area contributed by atoms with E-state index in [2.05, 4.69) is 64.9 Å². The largest absolute Gasteiger partial charge is 0.501 e. The van der Waals surface area contributed by atoms with E-state index in [0.29, 0.717) is 94.9 Å². The van der Waals surface area contributed by atoms with Crippen LogP contribution in [-0.4, -0.2) is 209 Å². The number of alkyl halides is 3. The molecule has 4 aliphatic heterocycles. The number of anilines is 2. The smallest absolute Gasteiger partial charge is 0.391 e. The number of likely N-dealkylation sites (tertiary alicyclic amines) is 2. The molecule has 22 nitrogen and oxygen atoms in total. The fraction of sp³-hybridized carbons (Fsp3) is 0.512. The third-order valence-electron chi connectivity index (χ3n) is 22.0. The number of aryl methyl sites for hydroxylation is 1. The lowest BCUT2D eigenvalue weighted by molar-refractivity contribution is -0.144. The van der Waals surface area contributed by atoms with Crippen LogP contribution in [0, 0.1) is 17.8 Å². The summed E-state index contributed by atoms with van der Waals surface area (Å²) in [6.45, 7) is 20.8. The van der Waals surface area contributed by atoms with Crippen LogP contribution in [0.4, 0.5) is 24.5 Å². The number of morpholine rings is 1. The number of carbonyl (C=O) groups is 5. The van der Waals surface area contributed by atoms with Gasteiger partial charge in [-0.25, -0.2) is 26.5 Å². The van der Waals surface area contributed by atoms with Crippen LogP contribution in [0.1, 0.15) is 145 Å². The number of unbranched alkanes of at least 4 members (excludes halogenated alkanes) is 2. The number of carbonyl (C=O) groups excluding carboxylic acids is 5. The molecule has 5 aliphatic rings. The lowest BCUT2D eigenvalue weighted by Gasteiger charge is -2.44. The first kappa shape index (κ1) is 85.4. The molecule has 1 aromatic heterocycles. The third-order valence-corrected chi connectivity index (χ3v) is 27.2. The van der Waals surface area contributed by atoms with Crippen molar-refractivity contribution in [3.8, 4) is 10.4 Å². The van der Waals surface area contributed by atoms with E-state index in [-0.39, 0.29) is 60.2 Å². The molecule has 11 rings (SSSR count). The Morgan fingerprint density at radius 1 is 0.786 bits per heavy atom. The van der Waals surface area contributed by atoms with E-state index in [4.69, 9.17) is 16.3 Å². The van der Waals surface area contributed by atoms with Gasteiger partial charge in [0.05, 0.1) is 52.0 Å². The number of piperidine rings is 1. The molecule has 0 spiro atoms. The van der Waals surface area contributed by atoms with Crippen molar-refractivity contribution in [2.75, 3.05) is 108 Å². The maximum atomic E-state index is 14.4. The fourth-order valence-electron chi connectivity index (χ4n) is 15.6. The molecule has 5 amide bonds. The highest BCUT2D eigenvalue weighted by molar-refractivity contribution is 7.99. The molecule has 0 radical (unpaired) electrons. The number of halogens is 4. The normalized spacial score (nSPS) is 20.2. The first-order valence-electron chi connectivity index (χ1n) is 38.7. The number of allylic oxidation sites excluding steroid dienone is 1. The van der Waals surface area contributed by atoms with Crippen molar-refractivity contribution in [3.63, 3.8) is 0 Å². The van der Waals surface area contributed by atoms with Gasteiger partial charge in [-0.1, -0.05) is 106 Å². The van der Waals surface area contributed by atoms with Gasteiger partial charge in [0.15, 0.2) is 0 Å². The van der Waals surface area contributed by atoms with Crippen molar-refractivity contribution < 1.29 is 63.8 Å². The Labute approximate surface area is 669 Å². The van der Waals surface area contributed by atoms with E-state index in [1.165, 1.54) is 39.9 Å². The Hall–Kier alpha value is -7.45. The molecule has 1 unspecified atom stereocenters. The van der Waals surface area contributed by atoms with E-state index >= 15 is 0 Å². The predicted molar refractivity (Wildman–Crippen MR) is 433 cm³/mol. The van der Waals surface area contributed by atoms with Crippen LogP contribution in [0.2, 0.25) is 5.02 Å². The minimum atomic E-state index is -6.11. The van der Waals surface area contributed by atoms with Gasteiger partial charge in [-0.3, -0.25) is 33.8 Å². The van der Waals surface area contributed by atoms with Crippen molar-refractivity contribution in [3.05, 3.63) is 160 Å². The molecular weight excluding hydrogens is 1540 g/mol. The van der Waals surface area contributed by atoms with E-state index < -0.39 is 82.3 Å². The highest BCUT2D eigenvalue weighted by Gasteiger charge is 2.49. The summed E-state index contributed by atoms with van der Waals surface area (Å²) < 4.78 is 105. The Kier molecular flexibility index (Phi) is 28.9. The number of rotatable bonds is 31. The number of β-amino-alcohol motifs (C(OH)–C–C–N with tert-alkyl or cyclic N) is 1. The number of piperazine rings is 1. The van der Waals surface area contributed by atoms with Crippen molar-refractivity contribution in [2.45, 2.75) is 175 Å². The zero-order chi connectivity index (χ0) is 80.1. The second kappa shape index (κ2) is 37.9. The van der Waals surface area contributed by atoms with Crippen LogP contribution in [0.25, 0.3) is 16.0 Å². The number of benzene rings is 5. The second-order valence-electron chi connectivity index (χ2n) is 31.7. The van der Waals surface area contributed by atoms with Crippen LogP contribution in [-0.2, 0) is 43.8 Å². The number of hydrogen-bond donors (Lipinski definition) is 6. The molecule has 30 heteroatoms.